The van der Waals surface area contributed by atoms with E-state index < -0.39 is 4.92 Å². The van der Waals surface area contributed by atoms with Crippen molar-refractivity contribution in [1.82, 2.24) is 0 Å². The van der Waals surface area contributed by atoms with Gasteiger partial charge in [0.2, 0.25) is 5.75 Å². The Kier molecular flexibility index (Phi) is 3.07. The zero-order valence-electron chi connectivity index (χ0n) is 7.20. The van der Waals surface area contributed by atoms with Crippen LogP contribution in [-0.2, 0) is 0 Å². The summed E-state index contributed by atoms with van der Waals surface area (Å²) in [5.41, 5.74) is 0.879. The second-order valence-electron chi connectivity index (χ2n) is 2.56. The fourth-order valence-corrected chi connectivity index (χ4v) is 2.04. The Morgan fingerprint density at radius 3 is 2.62 bits per heavy atom. The molecule has 0 saturated carbocycles. The maximum absolute atomic E-state index is 10.6. The largest absolute Gasteiger partial charge is 0.489 e. The first-order valence-electron chi connectivity index (χ1n) is 3.54. The molecule has 0 aliphatic heterocycles. The number of halogens is 1. The first-order valence-corrected chi connectivity index (χ1v) is 4.62. The molecule has 0 spiro atoms. The number of nitro benzene ring substituents is 1. The van der Waals surface area contributed by atoms with Crippen LogP contribution in [0.5, 0.6) is 5.75 Å². The van der Waals surface area contributed by atoms with Crippen LogP contribution in [0.3, 0.4) is 0 Å². The van der Waals surface area contributed by atoms with Crippen molar-refractivity contribution < 1.29 is 9.66 Å². The fraction of sp³-hybridized carbons (Fsp3) is 0.250. The molecule has 1 aromatic rings. The quantitative estimate of drug-likeness (QED) is 0.478. The average Bonchev–Trinajstić information content (AvgIpc) is 2.02. The van der Waals surface area contributed by atoms with E-state index in [4.69, 9.17) is 4.74 Å². The lowest BCUT2D eigenvalue weighted by Crippen LogP contribution is -1.96. The van der Waals surface area contributed by atoms with Gasteiger partial charge in [0, 0.05) is 6.07 Å². The van der Waals surface area contributed by atoms with Crippen molar-refractivity contribution in [3.63, 3.8) is 0 Å². The van der Waals surface area contributed by atoms with Gasteiger partial charge < -0.3 is 4.74 Å². The van der Waals surface area contributed by atoms with Gasteiger partial charge in [-0.2, -0.15) is 0 Å². The first-order chi connectivity index (χ1) is 6.06. The molecular weight excluding hydrogens is 285 g/mol. The van der Waals surface area contributed by atoms with Crippen LogP contribution in [0.4, 0.5) is 5.69 Å². The predicted molar refractivity (Wildman–Crippen MR) is 57.1 cm³/mol. The Balaban J connectivity index is 3.38. The molecule has 0 aliphatic rings. The van der Waals surface area contributed by atoms with Crippen LogP contribution in [0, 0.1) is 20.6 Å². The third-order valence-electron chi connectivity index (χ3n) is 1.57. The smallest absolute Gasteiger partial charge is 0.312 e. The van der Waals surface area contributed by atoms with Crippen molar-refractivity contribution in [3.05, 3.63) is 31.4 Å². The normalized spacial score (nSPS) is 9.77. The van der Waals surface area contributed by atoms with Gasteiger partial charge in [-0.05, 0) is 41.1 Å². The van der Waals surface area contributed by atoms with Crippen LogP contribution in [0.2, 0.25) is 0 Å². The molecule has 0 unspecified atom stereocenters. The predicted octanol–water partition coefficient (Wildman–Crippen LogP) is 2.52. The molecule has 0 fully saturated rings. The number of aryl methyl sites for hydroxylation is 1. The summed E-state index contributed by atoms with van der Waals surface area (Å²) in [5, 5.41) is 10.6. The molecule has 70 valence electrons. The zero-order valence-corrected chi connectivity index (χ0v) is 9.36. The SMILES string of the molecule is COc1c(I)cc(C)cc1[N+](=O)[O-]. The lowest BCUT2D eigenvalue weighted by Gasteiger charge is -2.04. The summed E-state index contributed by atoms with van der Waals surface area (Å²) in [6, 6.07) is 3.34. The van der Waals surface area contributed by atoms with Crippen LogP contribution in [0.15, 0.2) is 12.1 Å². The molecule has 0 bridgehead atoms. The minimum absolute atomic E-state index is 0.0203. The van der Waals surface area contributed by atoms with Crippen LogP contribution in [0.25, 0.3) is 0 Å². The lowest BCUT2D eigenvalue weighted by molar-refractivity contribution is -0.385. The molecule has 0 aliphatic carbocycles. The number of benzene rings is 1. The summed E-state index contributed by atoms with van der Waals surface area (Å²) >= 11 is 2.02. The Morgan fingerprint density at radius 1 is 1.54 bits per heavy atom. The number of ether oxygens (including phenoxy) is 1. The van der Waals surface area contributed by atoms with Crippen LogP contribution in [0.1, 0.15) is 5.56 Å². The molecule has 0 radical (unpaired) electrons. The number of rotatable bonds is 2. The van der Waals surface area contributed by atoms with Gasteiger partial charge >= 0.3 is 5.69 Å². The van der Waals surface area contributed by atoms with E-state index in [-0.39, 0.29) is 5.69 Å². The van der Waals surface area contributed by atoms with Crippen LogP contribution >= 0.6 is 22.6 Å². The minimum atomic E-state index is -0.437. The first kappa shape index (κ1) is 10.2. The minimum Gasteiger partial charge on any atom is -0.489 e. The molecule has 1 rings (SSSR count). The molecule has 0 atom stereocenters. The molecular formula is C8H8INO3. The van der Waals surface area contributed by atoms with E-state index in [9.17, 15) is 10.1 Å². The highest BCUT2D eigenvalue weighted by Crippen LogP contribution is 2.32. The van der Waals surface area contributed by atoms with E-state index in [0.717, 1.165) is 9.13 Å². The summed E-state index contributed by atoms with van der Waals surface area (Å²) in [7, 11) is 1.43. The van der Waals surface area contributed by atoms with Gasteiger partial charge in [0.25, 0.3) is 0 Å². The van der Waals surface area contributed by atoms with Crippen molar-refractivity contribution in [2.24, 2.45) is 0 Å². The van der Waals surface area contributed by atoms with Crippen LogP contribution in [-0.4, -0.2) is 12.0 Å². The monoisotopic (exact) mass is 293 g/mol. The number of nitrogens with zero attached hydrogens (tertiary/aromatic N) is 1. The average molecular weight is 293 g/mol. The highest BCUT2D eigenvalue weighted by atomic mass is 127. The Morgan fingerprint density at radius 2 is 2.15 bits per heavy atom. The van der Waals surface area contributed by atoms with E-state index in [0.29, 0.717) is 5.75 Å². The van der Waals surface area contributed by atoms with E-state index in [1.165, 1.54) is 13.2 Å². The standard InChI is InChI=1S/C8H8INO3/c1-5-3-6(9)8(13-2)7(4-5)10(11)12/h3-4H,1-2H3. The van der Waals surface area contributed by atoms with Gasteiger partial charge in [-0.3, -0.25) is 10.1 Å². The van der Waals surface area contributed by atoms with Gasteiger partial charge in [-0.25, -0.2) is 0 Å². The summed E-state index contributed by atoms with van der Waals surface area (Å²) in [4.78, 5) is 10.2. The number of nitro groups is 1. The maximum atomic E-state index is 10.6. The highest BCUT2D eigenvalue weighted by molar-refractivity contribution is 14.1. The second kappa shape index (κ2) is 3.91. The lowest BCUT2D eigenvalue weighted by atomic mass is 10.2. The van der Waals surface area contributed by atoms with E-state index >= 15 is 0 Å². The van der Waals surface area contributed by atoms with E-state index in [1.807, 2.05) is 35.6 Å². The molecule has 13 heavy (non-hydrogen) atoms. The molecule has 0 heterocycles. The van der Waals surface area contributed by atoms with Gasteiger partial charge in [-0.1, -0.05) is 0 Å². The second-order valence-corrected chi connectivity index (χ2v) is 3.72. The third-order valence-corrected chi connectivity index (χ3v) is 2.37. The molecule has 5 heteroatoms. The summed E-state index contributed by atoms with van der Waals surface area (Å²) in [6.45, 7) is 1.81. The molecule has 0 aromatic heterocycles. The summed E-state index contributed by atoms with van der Waals surface area (Å²) in [5.74, 6) is 0.330. The van der Waals surface area contributed by atoms with Gasteiger partial charge in [-0.15, -0.1) is 0 Å². The van der Waals surface area contributed by atoms with Crippen molar-refractivity contribution in [2.45, 2.75) is 6.92 Å². The number of methoxy groups -OCH3 is 1. The van der Waals surface area contributed by atoms with Gasteiger partial charge in [0.15, 0.2) is 0 Å². The summed E-state index contributed by atoms with van der Waals surface area (Å²) in [6.07, 6.45) is 0. The Bertz CT molecular complexity index is 351. The van der Waals surface area contributed by atoms with Gasteiger partial charge in [0.05, 0.1) is 15.6 Å². The van der Waals surface area contributed by atoms with E-state index in [1.54, 1.807) is 0 Å². The van der Waals surface area contributed by atoms with Crippen LogP contribution < -0.4 is 4.74 Å². The molecule has 4 nitrogen and oxygen atoms in total. The molecule has 0 N–H and O–H groups in total. The van der Waals surface area contributed by atoms with Crippen molar-refractivity contribution in [3.8, 4) is 5.75 Å². The molecule has 0 saturated heterocycles. The Hall–Kier alpha value is -0.850. The highest BCUT2D eigenvalue weighted by Gasteiger charge is 2.17. The molecule has 1 aromatic carbocycles. The number of hydrogen-bond donors (Lipinski definition) is 0. The van der Waals surface area contributed by atoms with E-state index in [2.05, 4.69) is 0 Å². The zero-order chi connectivity index (χ0) is 10.0. The molecule has 0 amide bonds. The van der Waals surface area contributed by atoms with Crippen molar-refractivity contribution in [1.29, 1.82) is 0 Å². The Labute approximate surface area is 89.2 Å². The summed E-state index contributed by atoms with van der Waals surface area (Å²) < 4.78 is 5.70. The number of hydrogen-bond acceptors (Lipinski definition) is 3. The third kappa shape index (κ3) is 2.09. The van der Waals surface area contributed by atoms with Gasteiger partial charge in [0.1, 0.15) is 0 Å². The maximum Gasteiger partial charge on any atom is 0.312 e. The fourth-order valence-electron chi connectivity index (χ4n) is 1.05. The van der Waals surface area contributed by atoms with Crippen molar-refractivity contribution in [2.75, 3.05) is 7.11 Å². The topological polar surface area (TPSA) is 52.4 Å². The van der Waals surface area contributed by atoms with Crippen molar-refractivity contribution >= 4 is 28.3 Å².